The van der Waals surface area contributed by atoms with Crippen LogP contribution in [0.5, 0.6) is 0 Å². The van der Waals surface area contributed by atoms with Gasteiger partial charge in [0, 0.05) is 19.1 Å². The zero-order valence-electron chi connectivity index (χ0n) is 12.2. The van der Waals surface area contributed by atoms with Crippen LogP contribution in [0, 0.1) is 18.7 Å². The Kier molecular flexibility index (Phi) is 5.12. The van der Waals surface area contributed by atoms with Crippen LogP contribution < -0.4 is 10.6 Å². The number of piperidine rings is 1. The smallest absolute Gasteiger partial charge is 0.224 e. The molecule has 0 aliphatic carbocycles. The van der Waals surface area contributed by atoms with E-state index in [4.69, 9.17) is 0 Å². The second-order valence-corrected chi connectivity index (χ2v) is 5.70. The molecule has 1 aromatic rings. The summed E-state index contributed by atoms with van der Waals surface area (Å²) in [6.45, 7) is 5.41. The van der Waals surface area contributed by atoms with E-state index in [1.54, 1.807) is 6.07 Å². The molecule has 1 saturated heterocycles. The summed E-state index contributed by atoms with van der Waals surface area (Å²) >= 11 is 0. The minimum absolute atomic E-state index is 0.0838. The fourth-order valence-corrected chi connectivity index (χ4v) is 2.63. The van der Waals surface area contributed by atoms with Crippen LogP contribution in [0.25, 0.3) is 0 Å². The summed E-state index contributed by atoms with van der Waals surface area (Å²) < 4.78 is 13.0. The van der Waals surface area contributed by atoms with Crippen LogP contribution in [0.15, 0.2) is 18.2 Å². The predicted octanol–water partition coefficient (Wildman–Crippen LogP) is 2.18. The lowest BCUT2D eigenvalue weighted by Gasteiger charge is -2.26. The average Bonchev–Trinajstić information content (AvgIpc) is 2.42. The molecule has 3 nitrogen and oxygen atoms in total. The molecular weight excluding hydrogens is 255 g/mol. The zero-order valence-corrected chi connectivity index (χ0v) is 12.2. The van der Waals surface area contributed by atoms with Crippen molar-refractivity contribution < 1.29 is 9.18 Å². The second kappa shape index (κ2) is 6.84. The van der Waals surface area contributed by atoms with Gasteiger partial charge in [-0.2, -0.15) is 0 Å². The quantitative estimate of drug-likeness (QED) is 0.886. The van der Waals surface area contributed by atoms with Crippen molar-refractivity contribution in [3.8, 4) is 0 Å². The van der Waals surface area contributed by atoms with Gasteiger partial charge >= 0.3 is 0 Å². The van der Waals surface area contributed by atoms with Crippen LogP contribution in [0.3, 0.4) is 0 Å². The molecule has 2 atom stereocenters. The predicted molar refractivity (Wildman–Crippen MR) is 78.0 cm³/mol. The first kappa shape index (κ1) is 15.0. The Morgan fingerprint density at radius 1 is 1.45 bits per heavy atom. The zero-order chi connectivity index (χ0) is 14.5. The molecule has 0 radical (unpaired) electrons. The van der Waals surface area contributed by atoms with Crippen LogP contribution >= 0.6 is 0 Å². The van der Waals surface area contributed by atoms with Crippen molar-refractivity contribution in [2.75, 3.05) is 13.1 Å². The van der Waals surface area contributed by atoms with Crippen molar-refractivity contribution in [1.29, 1.82) is 0 Å². The molecule has 4 heteroatoms. The summed E-state index contributed by atoms with van der Waals surface area (Å²) in [4.78, 5) is 12.0. The SMILES string of the molecule is Cc1cc(F)ccc1CCNC(=O)C1CCC(C)NC1. The highest BCUT2D eigenvalue weighted by Crippen LogP contribution is 2.14. The number of amides is 1. The largest absolute Gasteiger partial charge is 0.355 e. The Morgan fingerprint density at radius 2 is 2.25 bits per heavy atom. The molecule has 1 aromatic carbocycles. The lowest BCUT2D eigenvalue weighted by Crippen LogP contribution is -2.44. The lowest BCUT2D eigenvalue weighted by molar-refractivity contribution is -0.125. The Labute approximate surface area is 120 Å². The van der Waals surface area contributed by atoms with Gasteiger partial charge in [-0.3, -0.25) is 4.79 Å². The molecule has 1 aliphatic rings. The van der Waals surface area contributed by atoms with Crippen molar-refractivity contribution in [3.05, 3.63) is 35.1 Å². The third-order valence-electron chi connectivity index (χ3n) is 4.03. The fraction of sp³-hybridized carbons (Fsp3) is 0.562. The maximum atomic E-state index is 13.0. The lowest BCUT2D eigenvalue weighted by atomic mass is 9.94. The van der Waals surface area contributed by atoms with Crippen molar-refractivity contribution in [2.24, 2.45) is 5.92 Å². The number of carbonyl (C=O) groups excluding carboxylic acids is 1. The fourth-order valence-electron chi connectivity index (χ4n) is 2.63. The monoisotopic (exact) mass is 278 g/mol. The minimum Gasteiger partial charge on any atom is -0.355 e. The Hall–Kier alpha value is -1.42. The molecule has 20 heavy (non-hydrogen) atoms. The molecule has 2 rings (SSSR count). The average molecular weight is 278 g/mol. The minimum atomic E-state index is -0.210. The number of benzene rings is 1. The number of aryl methyl sites for hydroxylation is 1. The van der Waals surface area contributed by atoms with Gasteiger partial charge in [0.15, 0.2) is 0 Å². The van der Waals surface area contributed by atoms with E-state index >= 15 is 0 Å². The number of nitrogens with one attached hydrogen (secondary N) is 2. The summed E-state index contributed by atoms with van der Waals surface area (Å²) in [6.07, 6.45) is 2.75. The molecule has 0 aromatic heterocycles. The molecule has 0 saturated carbocycles. The number of carbonyl (C=O) groups is 1. The van der Waals surface area contributed by atoms with E-state index < -0.39 is 0 Å². The van der Waals surface area contributed by atoms with Gasteiger partial charge in [0.2, 0.25) is 5.91 Å². The van der Waals surface area contributed by atoms with E-state index in [-0.39, 0.29) is 17.6 Å². The standard InChI is InChI=1S/C16H23FN2O/c1-11-9-15(17)6-5-13(11)7-8-18-16(20)14-4-3-12(2)19-10-14/h5-6,9,12,14,19H,3-4,7-8,10H2,1-2H3,(H,18,20). The molecule has 2 N–H and O–H groups in total. The Morgan fingerprint density at radius 3 is 2.90 bits per heavy atom. The van der Waals surface area contributed by atoms with Crippen LogP contribution in [0.4, 0.5) is 4.39 Å². The van der Waals surface area contributed by atoms with Gasteiger partial charge < -0.3 is 10.6 Å². The van der Waals surface area contributed by atoms with Crippen LogP contribution in [-0.4, -0.2) is 25.0 Å². The van der Waals surface area contributed by atoms with Crippen molar-refractivity contribution >= 4 is 5.91 Å². The molecular formula is C16H23FN2O. The Balaban J connectivity index is 1.76. The van der Waals surface area contributed by atoms with Gasteiger partial charge in [-0.15, -0.1) is 0 Å². The van der Waals surface area contributed by atoms with Crippen molar-refractivity contribution in [3.63, 3.8) is 0 Å². The summed E-state index contributed by atoms with van der Waals surface area (Å²) in [5.74, 6) is 0.00219. The van der Waals surface area contributed by atoms with Gasteiger partial charge in [0.05, 0.1) is 5.92 Å². The molecule has 1 heterocycles. The summed E-state index contributed by atoms with van der Waals surface area (Å²) in [5.41, 5.74) is 2.02. The number of rotatable bonds is 4. The maximum Gasteiger partial charge on any atom is 0.224 e. The first-order valence-electron chi connectivity index (χ1n) is 7.32. The van der Waals surface area contributed by atoms with Crippen LogP contribution in [0.2, 0.25) is 0 Å². The molecule has 0 spiro atoms. The van der Waals surface area contributed by atoms with E-state index in [9.17, 15) is 9.18 Å². The number of hydrogen-bond acceptors (Lipinski definition) is 2. The highest BCUT2D eigenvalue weighted by molar-refractivity contribution is 5.79. The third kappa shape index (κ3) is 4.04. The maximum absolute atomic E-state index is 13.0. The van der Waals surface area contributed by atoms with Gasteiger partial charge in [-0.05, 0) is 56.4 Å². The molecule has 1 aliphatic heterocycles. The van der Waals surface area contributed by atoms with Crippen LogP contribution in [0.1, 0.15) is 30.9 Å². The van der Waals surface area contributed by atoms with Gasteiger partial charge in [-0.1, -0.05) is 6.07 Å². The molecule has 1 fully saturated rings. The summed E-state index contributed by atoms with van der Waals surface area (Å²) in [5, 5.41) is 6.32. The van der Waals surface area contributed by atoms with E-state index in [1.807, 2.05) is 6.92 Å². The van der Waals surface area contributed by atoms with E-state index in [1.165, 1.54) is 12.1 Å². The van der Waals surface area contributed by atoms with E-state index in [0.717, 1.165) is 36.9 Å². The normalized spacial score (nSPS) is 22.6. The highest BCUT2D eigenvalue weighted by atomic mass is 19.1. The van der Waals surface area contributed by atoms with E-state index in [2.05, 4.69) is 17.6 Å². The molecule has 1 amide bonds. The second-order valence-electron chi connectivity index (χ2n) is 5.70. The van der Waals surface area contributed by atoms with E-state index in [0.29, 0.717) is 12.6 Å². The first-order valence-corrected chi connectivity index (χ1v) is 7.32. The Bertz CT molecular complexity index is 468. The van der Waals surface area contributed by atoms with Crippen molar-refractivity contribution in [1.82, 2.24) is 10.6 Å². The van der Waals surface area contributed by atoms with Gasteiger partial charge in [0.25, 0.3) is 0 Å². The van der Waals surface area contributed by atoms with Crippen molar-refractivity contribution in [2.45, 2.75) is 39.2 Å². The van der Waals surface area contributed by atoms with Gasteiger partial charge in [0.1, 0.15) is 5.82 Å². The molecule has 2 unspecified atom stereocenters. The number of halogens is 1. The first-order chi connectivity index (χ1) is 9.56. The van der Waals surface area contributed by atoms with Gasteiger partial charge in [-0.25, -0.2) is 4.39 Å². The summed E-state index contributed by atoms with van der Waals surface area (Å²) in [7, 11) is 0. The molecule has 110 valence electrons. The third-order valence-corrected chi connectivity index (χ3v) is 4.03. The topological polar surface area (TPSA) is 41.1 Å². The summed E-state index contributed by atoms with van der Waals surface area (Å²) in [6, 6.07) is 5.31. The highest BCUT2D eigenvalue weighted by Gasteiger charge is 2.23. The molecule has 0 bridgehead atoms. The number of hydrogen-bond donors (Lipinski definition) is 2. The van der Waals surface area contributed by atoms with Crippen LogP contribution in [-0.2, 0) is 11.2 Å².